The SMILES string of the molecule is COc1cnc(Nc2ccc(N(C)CCN(C)C)c(N)c2)nc1-c1c[nH]c2c(OC)cccc12. The van der Waals surface area contributed by atoms with E-state index in [-0.39, 0.29) is 0 Å². The monoisotopic (exact) mass is 461 g/mol. The first-order valence-electron chi connectivity index (χ1n) is 11.0. The molecule has 0 unspecified atom stereocenters. The average molecular weight is 462 g/mol. The minimum Gasteiger partial charge on any atom is -0.495 e. The van der Waals surface area contributed by atoms with Crippen LogP contribution in [0.5, 0.6) is 11.5 Å². The maximum Gasteiger partial charge on any atom is 0.227 e. The number of hydrogen-bond acceptors (Lipinski definition) is 8. The van der Waals surface area contributed by atoms with Crippen LogP contribution in [0.3, 0.4) is 0 Å². The van der Waals surface area contributed by atoms with Gasteiger partial charge in [0.25, 0.3) is 0 Å². The first-order valence-corrected chi connectivity index (χ1v) is 11.0. The second-order valence-corrected chi connectivity index (χ2v) is 8.32. The third kappa shape index (κ3) is 4.69. The van der Waals surface area contributed by atoms with E-state index >= 15 is 0 Å². The van der Waals surface area contributed by atoms with Gasteiger partial charge in [-0.2, -0.15) is 0 Å². The molecule has 2 aromatic heterocycles. The van der Waals surface area contributed by atoms with Crippen molar-refractivity contribution in [2.24, 2.45) is 0 Å². The Bertz CT molecular complexity index is 1290. The van der Waals surface area contributed by atoms with Crippen LogP contribution < -0.4 is 25.4 Å². The van der Waals surface area contributed by atoms with Gasteiger partial charge in [0.05, 0.1) is 37.3 Å². The molecule has 0 aliphatic rings. The highest BCUT2D eigenvalue weighted by Crippen LogP contribution is 2.37. The first-order chi connectivity index (χ1) is 16.4. The Morgan fingerprint density at radius 2 is 1.82 bits per heavy atom. The molecule has 34 heavy (non-hydrogen) atoms. The molecule has 0 aliphatic carbocycles. The van der Waals surface area contributed by atoms with Crippen LogP contribution in [0.2, 0.25) is 0 Å². The molecule has 9 nitrogen and oxygen atoms in total. The number of nitrogens with zero attached hydrogens (tertiary/aromatic N) is 4. The minimum atomic E-state index is 0.446. The van der Waals surface area contributed by atoms with Crippen LogP contribution in [0.4, 0.5) is 23.0 Å². The van der Waals surface area contributed by atoms with E-state index < -0.39 is 0 Å². The molecule has 0 fully saturated rings. The third-order valence-corrected chi connectivity index (χ3v) is 5.70. The minimum absolute atomic E-state index is 0.446. The number of benzene rings is 2. The van der Waals surface area contributed by atoms with Crippen LogP contribution in [0.15, 0.2) is 48.8 Å². The Morgan fingerprint density at radius 1 is 1.03 bits per heavy atom. The van der Waals surface area contributed by atoms with E-state index in [4.69, 9.17) is 20.2 Å². The molecular weight excluding hydrogens is 430 g/mol. The van der Waals surface area contributed by atoms with E-state index in [1.807, 2.05) is 49.6 Å². The highest BCUT2D eigenvalue weighted by atomic mass is 16.5. The summed E-state index contributed by atoms with van der Waals surface area (Å²) in [6.45, 7) is 1.82. The van der Waals surface area contributed by atoms with Gasteiger partial charge in [-0.15, -0.1) is 0 Å². The second-order valence-electron chi connectivity index (χ2n) is 8.32. The van der Waals surface area contributed by atoms with Crippen molar-refractivity contribution in [3.05, 3.63) is 48.8 Å². The number of nitrogen functional groups attached to an aromatic ring is 1. The number of nitrogens with two attached hydrogens (primary N) is 1. The number of ether oxygens (including phenoxy) is 2. The van der Waals surface area contributed by atoms with E-state index in [9.17, 15) is 0 Å². The van der Waals surface area contributed by atoms with Gasteiger partial charge in [-0.3, -0.25) is 0 Å². The smallest absolute Gasteiger partial charge is 0.227 e. The maximum absolute atomic E-state index is 6.35. The van der Waals surface area contributed by atoms with E-state index in [0.717, 1.165) is 46.7 Å². The van der Waals surface area contributed by atoms with Crippen molar-refractivity contribution < 1.29 is 9.47 Å². The molecule has 0 amide bonds. The predicted molar refractivity (Wildman–Crippen MR) is 138 cm³/mol. The lowest BCUT2D eigenvalue weighted by molar-refractivity contribution is 0.413. The number of para-hydroxylation sites is 1. The van der Waals surface area contributed by atoms with Gasteiger partial charge >= 0.3 is 0 Å². The van der Waals surface area contributed by atoms with Gasteiger partial charge in [-0.1, -0.05) is 12.1 Å². The van der Waals surface area contributed by atoms with Crippen LogP contribution in [0, 0.1) is 0 Å². The van der Waals surface area contributed by atoms with Crippen LogP contribution in [0.25, 0.3) is 22.2 Å². The van der Waals surface area contributed by atoms with Crippen LogP contribution in [-0.4, -0.2) is 68.3 Å². The zero-order valence-corrected chi connectivity index (χ0v) is 20.2. The predicted octanol–water partition coefficient (Wildman–Crippen LogP) is 3.97. The summed E-state index contributed by atoms with van der Waals surface area (Å²) in [5.74, 6) is 1.79. The lowest BCUT2D eigenvalue weighted by Crippen LogP contribution is -2.28. The molecule has 0 spiro atoms. The Morgan fingerprint density at radius 3 is 2.53 bits per heavy atom. The van der Waals surface area contributed by atoms with Crippen molar-refractivity contribution >= 4 is 33.9 Å². The largest absolute Gasteiger partial charge is 0.495 e. The molecule has 2 heterocycles. The number of methoxy groups -OCH3 is 2. The summed E-state index contributed by atoms with van der Waals surface area (Å²) >= 11 is 0. The summed E-state index contributed by atoms with van der Waals surface area (Å²) in [6, 6.07) is 11.8. The fraction of sp³-hybridized carbons (Fsp3) is 0.280. The fourth-order valence-electron chi connectivity index (χ4n) is 3.85. The Balaban J connectivity index is 1.63. The van der Waals surface area contributed by atoms with Crippen molar-refractivity contribution in [1.82, 2.24) is 19.9 Å². The zero-order chi connectivity index (χ0) is 24.2. The molecule has 4 rings (SSSR count). The molecule has 0 radical (unpaired) electrons. The van der Waals surface area contributed by atoms with Gasteiger partial charge in [0.1, 0.15) is 11.4 Å². The number of likely N-dealkylation sites (N-methyl/N-ethyl adjacent to an activating group) is 2. The number of H-pyrrole nitrogens is 1. The van der Waals surface area contributed by atoms with E-state index in [0.29, 0.717) is 23.1 Å². The van der Waals surface area contributed by atoms with Crippen molar-refractivity contribution in [2.45, 2.75) is 0 Å². The van der Waals surface area contributed by atoms with Crippen LogP contribution >= 0.6 is 0 Å². The summed E-state index contributed by atoms with van der Waals surface area (Å²) < 4.78 is 11.0. The Hall–Kier alpha value is -3.98. The van der Waals surface area contributed by atoms with Gasteiger partial charge in [0.2, 0.25) is 5.95 Å². The van der Waals surface area contributed by atoms with E-state index in [1.54, 1.807) is 20.4 Å². The van der Waals surface area contributed by atoms with Gasteiger partial charge < -0.3 is 35.3 Å². The summed E-state index contributed by atoms with van der Waals surface area (Å²) in [6.07, 6.45) is 3.56. The topological polar surface area (TPSA) is 105 Å². The molecule has 9 heteroatoms. The Labute approximate surface area is 199 Å². The highest BCUT2D eigenvalue weighted by Gasteiger charge is 2.17. The number of rotatable bonds is 9. The highest BCUT2D eigenvalue weighted by molar-refractivity contribution is 5.98. The van der Waals surface area contributed by atoms with Crippen molar-refractivity contribution in [3.63, 3.8) is 0 Å². The zero-order valence-electron chi connectivity index (χ0n) is 20.2. The first kappa shape index (κ1) is 23.2. The molecule has 0 atom stereocenters. The molecule has 0 bridgehead atoms. The van der Waals surface area contributed by atoms with Gasteiger partial charge in [0, 0.05) is 43.0 Å². The van der Waals surface area contributed by atoms with E-state index in [2.05, 4.69) is 39.2 Å². The molecule has 4 aromatic rings. The summed E-state index contributed by atoms with van der Waals surface area (Å²) in [5, 5.41) is 4.25. The quantitative estimate of drug-likeness (QED) is 0.322. The van der Waals surface area contributed by atoms with Gasteiger partial charge in [-0.05, 0) is 38.4 Å². The standard InChI is InChI=1S/C25H31N7O2/c1-31(2)11-12-32(3)20-10-9-16(13-19(20)26)29-25-28-15-22(34-5)24(30-25)18-14-27-23-17(18)7-6-8-21(23)33-4/h6-10,13-15,27H,11-12,26H2,1-5H3,(H,28,29,30). The molecule has 2 aromatic carbocycles. The lowest BCUT2D eigenvalue weighted by atomic mass is 10.1. The normalized spacial score (nSPS) is 11.1. The molecule has 0 saturated carbocycles. The number of fused-ring (bicyclic) bond motifs is 1. The number of hydrogen-bond donors (Lipinski definition) is 3. The summed E-state index contributed by atoms with van der Waals surface area (Å²) in [4.78, 5) is 16.8. The average Bonchev–Trinajstić information content (AvgIpc) is 3.27. The molecule has 0 saturated heterocycles. The molecular formula is C25H31N7O2. The molecule has 0 aliphatic heterocycles. The number of nitrogens with one attached hydrogen (secondary N) is 2. The lowest BCUT2D eigenvalue weighted by Gasteiger charge is -2.23. The Kier molecular flexibility index (Phi) is 6.74. The van der Waals surface area contributed by atoms with E-state index in [1.165, 1.54) is 0 Å². The molecule has 178 valence electrons. The summed E-state index contributed by atoms with van der Waals surface area (Å²) in [7, 11) is 9.41. The van der Waals surface area contributed by atoms with Gasteiger partial charge in [0.15, 0.2) is 5.75 Å². The number of aromatic nitrogens is 3. The van der Waals surface area contributed by atoms with Crippen LogP contribution in [0.1, 0.15) is 0 Å². The number of aromatic amines is 1. The third-order valence-electron chi connectivity index (χ3n) is 5.70. The summed E-state index contributed by atoms with van der Waals surface area (Å²) in [5.41, 5.74) is 11.3. The van der Waals surface area contributed by atoms with Crippen molar-refractivity contribution in [2.75, 3.05) is 64.4 Å². The maximum atomic E-state index is 6.35. The van der Waals surface area contributed by atoms with Crippen molar-refractivity contribution in [1.29, 1.82) is 0 Å². The van der Waals surface area contributed by atoms with Crippen molar-refractivity contribution in [3.8, 4) is 22.8 Å². The second kappa shape index (κ2) is 9.88. The molecule has 4 N–H and O–H groups in total. The number of anilines is 4. The van der Waals surface area contributed by atoms with Gasteiger partial charge in [-0.25, -0.2) is 9.97 Å². The fourth-order valence-corrected chi connectivity index (χ4v) is 3.85. The van der Waals surface area contributed by atoms with Crippen LogP contribution in [-0.2, 0) is 0 Å².